The lowest BCUT2D eigenvalue weighted by atomic mass is 9.96. The summed E-state index contributed by atoms with van der Waals surface area (Å²) in [4.78, 5) is 158. The number of cyclic esters (lactones) is 1. The molecule has 0 aliphatic carbocycles. The normalized spacial score (nSPS) is 27.7. The number of benzene rings is 3. The summed E-state index contributed by atoms with van der Waals surface area (Å²) in [7, 11) is 8.55. The van der Waals surface area contributed by atoms with Crippen molar-refractivity contribution in [3.05, 3.63) is 106 Å². The van der Waals surface area contributed by atoms with Gasteiger partial charge in [0, 0.05) is 39.8 Å². The predicted molar refractivity (Wildman–Crippen MR) is 339 cm³/mol. The van der Waals surface area contributed by atoms with E-state index < -0.39 is 156 Å². The summed E-state index contributed by atoms with van der Waals surface area (Å²) < 4.78 is 23.7. The van der Waals surface area contributed by atoms with Gasteiger partial charge in [0.1, 0.15) is 83.8 Å². The van der Waals surface area contributed by atoms with Crippen LogP contribution in [0.5, 0.6) is 17.2 Å². The highest BCUT2D eigenvalue weighted by Crippen LogP contribution is 2.37. The number of carbonyl (C=O) groups excluding carboxylic acids is 10. The van der Waals surface area contributed by atoms with E-state index in [1.807, 2.05) is 0 Å². The van der Waals surface area contributed by atoms with Gasteiger partial charge in [0.25, 0.3) is 5.91 Å². The number of hydrogen-bond donors (Lipinski definition) is 6. The summed E-state index contributed by atoms with van der Waals surface area (Å²) in [6, 6.07) is 7.94. The van der Waals surface area contributed by atoms with E-state index in [2.05, 4.69) is 21.3 Å². The average molecular weight is 1290 g/mol. The van der Waals surface area contributed by atoms with Gasteiger partial charge in [-0.3, -0.25) is 48.1 Å². The van der Waals surface area contributed by atoms with Crippen molar-refractivity contribution in [2.75, 3.05) is 68.7 Å². The molecule has 6 N–H and O–H groups in total. The van der Waals surface area contributed by atoms with Gasteiger partial charge in [0.05, 0.1) is 20.3 Å². The molecule has 3 aromatic carbocycles. The maximum Gasteiger partial charge on any atom is 0.355 e. The molecule has 0 spiro atoms. The van der Waals surface area contributed by atoms with Crippen LogP contribution in [0.25, 0.3) is 6.08 Å². The number of fused-ring (bicyclic) bond motifs is 4. The fourth-order valence-corrected chi connectivity index (χ4v) is 12.8. The van der Waals surface area contributed by atoms with Crippen LogP contribution >= 0.6 is 0 Å². The van der Waals surface area contributed by atoms with Gasteiger partial charge in [0.2, 0.25) is 47.3 Å². The van der Waals surface area contributed by atoms with E-state index >= 15 is 28.8 Å². The van der Waals surface area contributed by atoms with E-state index in [0.717, 1.165) is 9.80 Å². The highest BCUT2D eigenvalue weighted by Gasteiger charge is 2.48. The number of aliphatic hydroxyl groups is 2. The zero-order chi connectivity index (χ0) is 68.0. The summed E-state index contributed by atoms with van der Waals surface area (Å²) in [5.74, 6) is -9.75. The summed E-state index contributed by atoms with van der Waals surface area (Å²) in [5, 5.41) is 34.6. The fraction of sp³-hybridized carbons (Fsp3) is 0.522. The van der Waals surface area contributed by atoms with Gasteiger partial charge in [-0.25, -0.2) is 4.79 Å². The third kappa shape index (κ3) is 15.4. The van der Waals surface area contributed by atoms with Crippen LogP contribution < -0.4 is 30.7 Å². The number of epoxide rings is 1. The SMILES string of the molecule is COc1ccc2cc1Oc1ccc(cc1)C=C1C(=O)OC(C)C(N(C)C)C(=O)NC(C(C)C)C(=O)NC(c3ccccc3)C(=O)N3CCCC3C(=O)N(C)C(C(C)C)C(=O)NC(=C(CO)C3CO3)C(=O)N3CCCC3C(=O)NC(C(=O)N(C)C(C(C)C)C(=O)N1C)C2O. The summed E-state index contributed by atoms with van der Waals surface area (Å²) in [6.45, 7) is 10.9. The lowest BCUT2D eigenvalue weighted by molar-refractivity contribution is -0.155. The first-order chi connectivity index (χ1) is 44.1. The second-order valence-electron chi connectivity index (χ2n) is 25.5. The summed E-state index contributed by atoms with van der Waals surface area (Å²) in [5.41, 5.74) is 0.0205. The molecular weight excluding hydrogens is 1200 g/mol. The number of amides is 9. The van der Waals surface area contributed by atoms with Crippen molar-refractivity contribution in [2.24, 2.45) is 17.8 Å². The Balaban J connectivity index is 1.28. The molecule has 4 saturated heterocycles. The van der Waals surface area contributed by atoms with Gasteiger partial charge in [-0.05, 0) is 111 Å². The van der Waals surface area contributed by atoms with E-state index in [9.17, 15) is 29.4 Å². The minimum absolute atomic E-state index is 0.0140. The van der Waals surface area contributed by atoms with Crippen LogP contribution in [0.4, 0.5) is 0 Å². The zero-order valence-corrected chi connectivity index (χ0v) is 55.0. The molecule has 11 unspecified atom stereocenters. The molecule has 502 valence electrons. The molecule has 3 aromatic rings. The standard InChI is InChI=1S/C67H88N10O16/c1-35(2)50-59(81)69-51(40-19-15-14-16-20-40)64(86)77-30-18-22-45(77)62(84)74(11)54(36(3)4)60(82)70-52(43(33-78)49-34-91-49)65(87)76-29-17-21-44(76)58(80)71-53-57(79)41-25-28-47(90-13)48(32-41)93-42-26-23-39(24-27-42)31-46(67(89)92-38(7)56(72(8)9)61(83)68-50)73(10)66(88)55(37(5)6)75(12)63(53)85/h14-16,19-20,23-28,31-32,35-38,44-45,49-51,53-57,78-79H,17-18,21-22,29-30,33-34H2,1-13H3,(H,68,83)(H,69,81)(H,70,82)(H,71,80). The van der Waals surface area contributed by atoms with Gasteiger partial charge < -0.3 is 74.9 Å². The van der Waals surface area contributed by atoms with Crippen molar-refractivity contribution in [2.45, 2.75) is 141 Å². The Labute approximate surface area is 541 Å². The summed E-state index contributed by atoms with van der Waals surface area (Å²) in [6.07, 6.45) is -1.82. The first kappa shape index (κ1) is 70.2. The lowest BCUT2D eigenvalue weighted by Crippen LogP contribution is -2.60. The minimum Gasteiger partial charge on any atom is -0.493 e. The molecule has 9 rings (SSSR count). The number of nitrogens with zero attached hydrogens (tertiary/aromatic N) is 6. The molecule has 11 atom stereocenters. The quantitative estimate of drug-likeness (QED) is 0.107. The minimum atomic E-state index is -1.91. The van der Waals surface area contributed by atoms with E-state index in [-0.39, 0.29) is 73.0 Å². The van der Waals surface area contributed by atoms with Crippen molar-refractivity contribution < 1.29 is 77.1 Å². The van der Waals surface area contributed by atoms with E-state index in [4.69, 9.17) is 18.9 Å². The van der Waals surface area contributed by atoms with E-state index in [1.165, 1.54) is 79.1 Å². The van der Waals surface area contributed by atoms with Crippen LogP contribution in [-0.2, 0) is 57.4 Å². The van der Waals surface area contributed by atoms with Crippen LogP contribution in [0, 0.1) is 17.8 Å². The number of rotatable bonds is 8. The Bertz CT molecular complexity index is 3390. The Kier molecular flexibility index (Phi) is 22.6. The van der Waals surface area contributed by atoms with Crippen molar-refractivity contribution >= 4 is 65.2 Å². The van der Waals surface area contributed by atoms with Crippen LogP contribution in [0.2, 0.25) is 0 Å². The second kappa shape index (κ2) is 29.9. The summed E-state index contributed by atoms with van der Waals surface area (Å²) >= 11 is 0. The number of likely N-dealkylation sites (N-methyl/N-ethyl adjacent to an activating group) is 4. The lowest BCUT2D eigenvalue weighted by Gasteiger charge is -2.37. The van der Waals surface area contributed by atoms with Gasteiger partial charge in [-0.15, -0.1) is 0 Å². The Hall–Kier alpha value is -8.72. The van der Waals surface area contributed by atoms with Crippen molar-refractivity contribution in [3.8, 4) is 17.2 Å². The molecule has 0 aromatic heterocycles. The number of methoxy groups -OCH3 is 1. The Morgan fingerprint density at radius 1 is 0.688 bits per heavy atom. The molecule has 6 aliphatic heterocycles. The van der Waals surface area contributed by atoms with Crippen LogP contribution in [0.1, 0.15) is 103 Å². The monoisotopic (exact) mass is 1290 g/mol. The maximum atomic E-state index is 15.5. The predicted octanol–water partition coefficient (Wildman–Crippen LogP) is 2.40. The molecule has 0 radical (unpaired) electrons. The number of ether oxygens (including phenoxy) is 4. The number of aliphatic hydroxyl groups excluding tert-OH is 2. The Morgan fingerprint density at radius 2 is 1.31 bits per heavy atom. The van der Waals surface area contributed by atoms with Gasteiger partial charge >= 0.3 is 5.97 Å². The molecule has 93 heavy (non-hydrogen) atoms. The molecule has 6 bridgehead atoms. The topological polar surface area (TPSA) is 319 Å². The third-order valence-corrected chi connectivity index (χ3v) is 17.8. The second-order valence-corrected chi connectivity index (χ2v) is 25.5. The van der Waals surface area contributed by atoms with Crippen molar-refractivity contribution in [1.29, 1.82) is 0 Å². The first-order valence-electron chi connectivity index (χ1n) is 31.5. The first-order valence-corrected chi connectivity index (χ1v) is 31.5. The van der Waals surface area contributed by atoms with Crippen LogP contribution in [-0.4, -0.2) is 222 Å². The number of hydrogen-bond acceptors (Lipinski definition) is 17. The molecule has 0 saturated carbocycles. The number of carbonyl (C=O) groups is 10. The maximum absolute atomic E-state index is 15.5. The molecule has 6 heterocycles. The van der Waals surface area contributed by atoms with Crippen LogP contribution in [0.3, 0.4) is 0 Å². The van der Waals surface area contributed by atoms with Gasteiger partial charge in [-0.1, -0.05) is 90.1 Å². The highest BCUT2D eigenvalue weighted by atomic mass is 16.6. The average Bonchev–Trinajstić information content (AvgIpc) is 1.81. The molecule has 26 nitrogen and oxygen atoms in total. The Morgan fingerprint density at radius 3 is 1.90 bits per heavy atom. The van der Waals surface area contributed by atoms with E-state index in [0.29, 0.717) is 17.5 Å². The fourth-order valence-electron chi connectivity index (χ4n) is 12.8. The number of esters is 1. The molecular formula is C67H88N10O16. The van der Waals surface area contributed by atoms with E-state index in [1.54, 1.807) is 110 Å². The van der Waals surface area contributed by atoms with Crippen molar-refractivity contribution in [1.82, 2.24) is 50.7 Å². The zero-order valence-electron chi connectivity index (χ0n) is 55.0. The number of nitrogens with one attached hydrogen (secondary N) is 4. The molecule has 6 aliphatic rings. The smallest absolute Gasteiger partial charge is 0.355 e. The molecule has 4 fully saturated rings. The third-order valence-electron chi connectivity index (χ3n) is 17.8. The van der Waals surface area contributed by atoms with Gasteiger partial charge in [0.15, 0.2) is 11.5 Å². The highest BCUT2D eigenvalue weighted by molar-refractivity contribution is 6.04. The molecule has 9 amide bonds. The van der Waals surface area contributed by atoms with Crippen molar-refractivity contribution in [3.63, 3.8) is 0 Å². The van der Waals surface area contributed by atoms with Gasteiger partial charge in [-0.2, -0.15) is 0 Å². The molecule has 26 heteroatoms. The van der Waals surface area contributed by atoms with Crippen LogP contribution in [0.15, 0.2) is 89.8 Å². The largest absolute Gasteiger partial charge is 0.493 e.